The monoisotopic (exact) mass is 305 g/mol. The molecule has 0 unspecified atom stereocenters. The summed E-state index contributed by atoms with van der Waals surface area (Å²) < 4.78 is 1.61. The van der Waals surface area contributed by atoms with E-state index in [0.29, 0.717) is 11.0 Å². The molecular formula is C15H19N3O2S. The second kappa shape index (κ2) is 5.89. The van der Waals surface area contributed by atoms with Crippen molar-refractivity contribution in [1.29, 1.82) is 0 Å². The van der Waals surface area contributed by atoms with Gasteiger partial charge in [-0.15, -0.1) is 0 Å². The Balaban J connectivity index is 2.22. The van der Waals surface area contributed by atoms with Crippen LogP contribution in [-0.4, -0.2) is 31.6 Å². The number of nitrogens with zero attached hydrogens (tertiary/aromatic N) is 3. The van der Waals surface area contributed by atoms with Gasteiger partial charge in [0.15, 0.2) is 11.0 Å². The summed E-state index contributed by atoms with van der Waals surface area (Å²) in [4.78, 5) is 15.0. The summed E-state index contributed by atoms with van der Waals surface area (Å²) in [5, 5.41) is 13.7. The van der Waals surface area contributed by atoms with Gasteiger partial charge in [0.1, 0.15) is 0 Å². The van der Waals surface area contributed by atoms with Crippen LogP contribution in [0.4, 0.5) is 0 Å². The fraction of sp³-hybridized carbons (Fsp3) is 0.400. The minimum atomic E-state index is -0.862. The number of rotatable bonds is 4. The van der Waals surface area contributed by atoms with Crippen molar-refractivity contribution in [3.8, 4) is 11.4 Å². The van der Waals surface area contributed by atoms with Crippen molar-refractivity contribution in [3.63, 3.8) is 0 Å². The number of hydrogen-bond acceptors (Lipinski definition) is 4. The molecule has 5 nitrogen and oxygen atoms in total. The average molecular weight is 305 g/mol. The van der Waals surface area contributed by atoms with Crippen LogP contribution in [0.1, 0.15) is 26.3 Å². The molecule has 0 saturated heterocycles. The minimum absolute atomic E-state index is 0.0189. The number of aryl methyl sites for hydroxylation is 1. The van der Waals surface area contributed by atoms with Crippen LogP contribution in [-0.2, 0) is 17.3 Å². The van der Waals surface area contributed by atoms with E-state index in [-0.39, 0.29) is 11.2 Å². The van der Waals surface area contributed by atoms with Gasteiger partial charge in [0.25, 0.3) is 0 Å². The fourth-order valence-corrected chi connectivity index (χ4v) is 2.49. The van der Waals surface area contributed by atoms with Gasteiger partial charge in [0, 0.05) is 12.6 Å². The highest BCUT2D eigenvalue weighted by molar-refractivity contribution is 7.99. The lowest BCUT2D eigenvalue weighted by Crippen LogP contribution is -2.10. The molecule has 1 aromatic carbocycles. The van der Waals surface area contributed by atoms with Crippen LogP contribution in [0, 0.1) is 0 Å². The number of carboxylic acids is 1. The maximum absolute atomic E-state index is 10.6. The molecule has 0 amide bonds. The first-order valence-electron chi connectivity index (χ1n) is 6.64. The zero-order valence-corrected chi connectivity index (χ0v) is 13.4. The topological polar surface area (TPSA) is 68.0 Å². The van der Waals surface area contributed by atoms with Crippen molar-refractivity contribution in [2.45, 2.75) is 31.3 Å². The SMILES string of the molecule is Cn1nc(-c2ccc(C(C)(C)C)cc2)nc1SCC(=O)O. The van der Waals surface area contributed by atoms with Gasteiger partial charge in [-0.05, 0) is 11.0 Å². The van der Waals surface area contributed by atoms with Gasteiger partial charge < -0.3 is 5.11 Å². The van der Waals surface area contributed by atoms with Crippen LogP contribution in [0.3, 0.4) is 0 Å². The van der Waals surface area contributed by atoms with Crippen molar-refractivity contribution in [3.05, 3.63) is 29.8 Å². The van der Waals surface area contributed by atoms with Gasteiger partial charge in [0.2, 0.25) is 0 Å². The fourth-order valence-electron chi connectivity index (χ4n) is 1.86. The molecule has 0 spiro atoms. The Morgan fingerprint density at radius 1 is 1.29 bits per heavy atom. The number of aliphatic carboxylic acids is 1. The Kier molecular flexibility index (Phi) is 4.37. The third-order valence-corrected chi connectivity index (χ3v) is 4.06. The molecule has 0 bridgehead atoms. The summed E-state index contributed by atoms with van der Waals surface area (Å²) in [5.41, 5.74) is 2.29. The molecule has 1 N–H and O–H groups in total. The third kappa shape index (κ3) is 3.85. The molecule has 1 heterocycles. The molecule has 0 aliphatic rings. The molecule has 0 fully saturated rings. The highest BCUT2D eigenvalue weighted by Gasteiger charge is 2.15. The van der Waals surface area contributed by atoms with Gasteiger partial charge >= 0.3 is 5.97 Å². The smallest absolute Gasteiger partial charge is 0.313 e. The van der Waals surface area contributed by atoms with E-state index in [0.717, 1.165) is 5.56 Å². The lowest BCUT2D eigenvalue weighted by atomic mass is 9.87. The highest BCUT2D eigenvalue weighted by atomic mass is 32.2. The van der Waals surface area contributed by atoms with E-state index in [1.807, 2.05) is 12.1 Å². The summed E-state index contributed by atoms with van der Waals surface area (Å²) in [6, 6.07) is 8.16. The van der Waals surface area contributed by atoms with Crippen molar-refractivity contribution >= 4 is 17.7 Å². The summed E-state index contributed by atoms with van der Waals surface area (Å²) in [6.07, 6.45) is 0. The molecule has 0 atom stereocenters. The first kappa shape index (κ1) is 15.6. The van der Waals surface area contributed by atoms with Crippen LogP contribution < -0.4 is 0 Å². The number of aromatic nitrogens is 3. The van der Waals surface area contributed by atoms with E-state index >= 15 is 0 Å². The van der Waals surface area contributed by atoms with Crippen molar-refractivity contribution in [2.75, 3.05) is 5.75 Å². The summed E-state index contributed by atoms with van der Waals surface area (Å²) in [7, 11) is 1.77. The molecular weight excluding hydrogens is 286 g/mol. The van der Waals surface area contributed by atoms with Gasteiger partial charge in [-0.1, -0.05) is 56.8 Å². The Labute approximate surface area is 128 Å². The van der Waals surface area contributed by atoms with E-state index < -0.39 is 5.97 Å². The summed E-state index contributed by atoms with van der Waals surface area (Å²) in [5.74, 6) is -0.264. The standard InChI is InChI=1S/C15H19N3O2S/c1-15(2,3)11-7-5-10(6-8-11)13-16-14(18(4)17-13)21-9-12(19)20/h5-8H,9H2,1-4H3,(H,19,20). The molecule has 0 aliphatic carbocycles. The molecule has 2 aromatic rings. The van der Waals surface area contributed by atoms with E-state index in [2.05, 4.69) is 43.0 Å². The van der Waals surface area contributed by atoms with Gasteiger partial charge in [-0.3, -0.25) is 4.79 Å². The Morgan fingerprint density at radius 3 is 2.43 bits per heavy atom. The molecule has 6 heteroatoms. The van der Waals surface area contributed by atoms with Crippen molar-refractivity contribution in [2.24, 2.45) is 7.05 Å². The molecule has 1 aromatic heterocycles. The number of carbonyl (C=O) groups is 1. The zero-order valence-electron chi connectivity index (χ0n) is 12.6. The van der Waals surface area contributed by atoms with E-state index in [4.69, 9.17) is 5.11 Å². The van der Waals surface area contributed by atoms with Crippen LogP contribution in [0.5, 0.6) is 0 Å². The van der Waals surface area contributed by atoms with Gasteiger partial charge in [-0.2, -0.15) is 5.10 Å². The zero-order chi connectivity index (χ0) is 15.6. The van der Waals surface area contributed by atoms with E-state index in [1.165, 1.54) is 17.3 Å². The molecule has 112 valence electrons. The minimum Gasteiger partial charge on any atom is -0.481 e. The maximum Gasteiger partial charge on any atom is 0.313 e. The largest absolute Gasteiger partial charge is 0.481 e. The van der Waals surface area contributed by atoms with Crippen molar-refractivity contribution in [1.82, 2.24) is 14.8 Å². The molecule has 21 heavy (non-hydrogen) atoms. The van der Waals surface area contributed by atoms with E-state index in [9.17, 15) is 4.79 Å². The number of benzene rings is 1. The van der Waals surface area contributed by atoms with E-state index in [1.54, 1.807) is 11.7 Å². The Hall–Kier alpha value is -1.82. The molecule has 0 saturated carbocycles. The predicted octanol–water partition coefficient (Wildman–Crippen LogP) is 2.96. The lowest BCUT2D eigenvalue weighted by molar-refractivity contribution is -0.133. The highest BCUT2D eigenvalue weighted by Crippen LogP contribution is 2.26. The number of hydrogen-bond donors (Lipinski definition) is 1. The second-order valence-corrected chi connectivity index (χ2v) is 6.79. The second-order valence-electron chi connectivity index (χ2n) is 5.85. The first-order valence-corrected chi connectivity index (χ1v) is 7.62. The Morgan fingerprint density at radius 2 is 1.90 bits per heavy atom. The summed E-state index contributed by atoms with van der Waals surface area (Å²) in [6.45, 7) is 6.50. The molecule has 2 rings (SSSR count). The van der Waals surface area contributed by atoms with Crippen LogP contribution >= 0.6 is 11.8 Å². The predicted molar refractivity (Wildman–Crippen MR) is 83.5 cm³/mol. The number of thioether (sulfide) groups is 1. The lowest BCUT2D eigenvalue weighted by Gasteiger charge is -2.18. The Bertz CT molecular complexity index is 642. The quantitative estimate of drug-likeness (QED) is 0.880. The first-order chi connectivity index (χ1) is 9.77. The maximum atomic E-state index is 10.6. The normalized spacial score (nSPS) is 11.6. The molecule has 0 radical (unpaired) electrons. The average Bonchev–Trinajstić information content (AvgIpc) is 2.77. The van der Waals surface area contributed by atoms with Crippen LogP contribution in [0.25, 0.3) is 11.4 Å². The number of carboxylic acid groups (broad SMARTS) is 1. The van der Waals surface area contributed by atoms with Crippen molar-refractivity contribution < 1.29 is 9.90 Å². The van der Waals surface area contributed by atoms with Crippen LogP contribution in [0.15, 0.2) is 29.4 Å². The molecule has 0 aliphatic heterocycles. The van der Waals surface area contributed by atoms with Gasteiger partial charge in [0.05, 0.1) is 5.75 Å². The van der Waals surface area contributed by atoms with Gasteiger partial charge in [-0.25, -0.2) is 9.67 Å². The third-order valence-electron chi connectivity index (χ3n) is 3.06. The summed E-state index contributed by atoms with van der Waals surface area (Å²) >= 11 is 1.17. The van der Waals surface area contributed by atoms with Crippen LogP contribution in [0.2, 0.25) is 0 Å².